The van der Waals surface area contributed by atoms with Crippen molar-refractivity contribution in [3.8, 4) is 11.5 Å². The third-order valence-corrected chi connectivity index (χ3v) is 2.49. The monoisotopic (exact) mass is 236 g/mol. The van der Waals surface area contributed by atoms with Gasteiger partial charge in [0.05, 0.1) is 13.2 Å². The van der Waals surface area contributed by atoms with Crippen molar-refractivity contribution in [2.75, 3.05) is 13.2 Å². The zero-order chi connectivity index (χ0) is 12.8. The molecule has 0 aromatic heterocycles. The van der Waals surface area contributed by atoms with E-state index in [4.69, 9.17) is 9.47 Å². The van der Waals surface area contributed by atoms with Crippen LogP contribution in [0.2, 0.25) is 0 Å². The topological polar surface area (TPSA) is 35.5 Å². The second-order valence-corrected chi connectivity index (χ2v) is 3.74. The van der Waals surface area contributed by atoms with Crippen LogP contribution in [0.15, 0.2) is 12.1 Å². The Kier molecular flexibility index (Phi) is 5.01. The van der Waals surface area contributed by atoms with E-state index in [-0.39, 0.29) is 5.78 Å². The number of carbonyl (C=O) groups is 1. The van der Waals surface area contributed by atoms with E-state index < -0.39 is 0 Å². The van der Waals surface area contributed by atoms with E-state index >= 15 is 0 Å². The maximum absolute atomic E-state index is 11.7. The van der Waals surface area contributed by atoms with Gasteiger partial charge in [0.1, 0.15) is 17.1 Å². The van der Waals surface area contributed by atoms with Crippen LogP contribution in [0.5, 0.6) is 11.5 Å². The average Bonchev–Trinajstić information content (AvgIpc) is 2.28. The molecule has 17 heavy (non-hydrogen) atoms. The zero-order valence-corrected chi connectivity index (χ0v) is 11.0. The lowest BCUT2D eigenvalue weighted by Crippen LogP contribution is -2.06. The lowest BCUT2D eigenvalue weighted by Gasteiger charge is -2.15. The fourth-order valence-corrected chi connectivity index (χ4v) is 1.73. The van der Waals surface area contributed by atoms with Gasteiger partial charge in [0.2, 0.25) is 0 Å². The number of benzene rings is 1. The van der Waals surface area contributed by atoms with E-state index in [0.29, 0.717) is 30.3 Å². The maximum Gasteiger partial charge on any atom is 0.167 e. The number of rotatable bonds is 6. The van der Waals surface area contributed by atoms with E-state index in [1.165, 1.54) is 6.92 Å². The van der Waals surface area contributed by atoms with Crippen LogP contribution >= 0.6 is 0 Å². The van der Waals surface area contributed by atoms with Crippen molar-refractivity contribution in [3.63, 3.8) is 0 Å². The molecule has 0 spiro atoms. The van der Waals surface area contributed by atoms with Gasteiger partial charge in [-0.15, -0.1) is 0 Å². The summed E-state index contributed by atoms with van der Waals surface area (Å²) in [5.41, 5.74) is 1.66. The molecule has 0 amide bonds. The predicted octanol–water partition coefficient (Wildman–Crippen LogP) is 3.25. The average molecular weight is 236 g/mol. The largest absolute Gasteiger partial charge is 0.493 e. The van der Waals surface area contributed by atoms with Crippen molar-refractivity contribution in [1.82, 2.24) is 0 Å². The molecule has 0 bridgehead atoms. The molecule has 0 N–H and O–H groups in total. The Morgan fingerprint density at radius 3 is 1.82 bits per heavy atom. The van der Waals surface area contributed by atoms with Crippen LogP contribution in [0, 0.1) is 0 Å². The number of hydrogen-bond acceptors (Lipinski definition) is 3. The third-order valence-electron chi connectivity index (χ3n) is 2.49. The van der Waals surface area contributed by atoms with Crippen molar-refractivity contribution >= 4 is 5.78 Å². The van der Waals surface area contributed by atoms with E-state index in [2.05, 4.69) is 6.92 Å². The second kappa shape index (κ2) is 6.28. The maximum atomic E-state index is 11.7. The van der Waals surface area contributed by atoms with Gasteiger partial charge in [-0.2, -0.15) is 0 Å². The molecule has 0 heterocycles. The standard InChI is InChI=1S/C14H20O3/c1-5-11-8-12(16-6-2)14(10(4)15)13(9-11)17-7-3/h8-9H,5-7H2,1-4H3. The number of aryl methyl sites for hydroxylation is 1. The van der Waals surface area contributed by atoms with Crippen molar-refractivity contribution < 1.29 is 14.3 Å². The van der Waals surface area contributed by atoms with E-state index in [1.807, 2.05) is 26.0 Å². The van der Waals surface area contributed by atoms with Gasteiger partial charge >= 0.3 is 0 Å². The molecule has 1 aromatic carbocycles. The lowest BCUT2D eigenvalue weighted by atomic mass is 10.0. The van der Waals surface area contributed by atoms with Gasteiger partial charge in [0.15, 0.2) is 5.78 Å². The summed E-state index contributed by atoms with van der Waals surface area (Å²) in [5.74, 6) is 1.23. The Hall–Kier alpha value is -1.51. The first kappa shape index (κ1) is 13.6. The van der Waals surface area contributed by atoms with Crippen LogP contribution < -0.4 is 9.47 Å². The summed E-state index contributed by atoms with van der Waals surface area (Å²) >= 11 is 0. The predicted molar refractivity (Wildman–Crippen MR) is 68.2 cm³/mol. The minimum absolute atomic E-state index is 0.0282. The highest BCUT2D eigenvalue weighted by atomic mass is 16.5. The van der Waals surface area contributed by atoms with Gasteiger partial charge in [-0.1, -0.05) is 6.92 Å². The first-order valence-corrected chi connectivity index (χ1v) is 6.07. The number of ketones is 1. The molecule has 3 nitrogen and oxygen atoms in total. The summed E-state index contributed by atoms with van der Waals surface area (Å²) < 4.78 is 11.1. The number of hydrogen-bond donors (Lipinski definition) is 0. The molecule has 0 radical (unpaired) electrons. The van der Waals surface area contributed by atoms with Gasteiger partial charge in [0.25, 0.3) is 0 Å². The first-order chi connectivity index (χ1) is 8.13. The van der Waals surface area contributed by atoms with Crippen LogP contribution in [0.4, 0.5) is 0 Å². The summed E-state index contributed by atoms with van der Waals surface area (Å²) in [7, 11) is 0. The second-order valence-electron chi connectivity index (χ2n) is 3.74. The van der Waals surface area contributed by atoms with Crippen LogP contribution in [-0.2, 0) is 6.42 Å². The Labute approximate surface area is 103 Å². The van der Waals surface area contributed by atoms with Crippen molar-refractivity contribution in [2.45, 2.75) is 34.1 Å². The quantitative estimate of drug-likeness (QED) is 0.711. The summed E-state index contributed by atoms with van der Waals surface area (Å²) in [4.78, 5) is 11.7. The highest BCUT2D eigenvalue weighted by molar-refractivity contribution is 5.99. The molecule has 0 saturated carbocycles. The fraction of sp³-hybridized carbons (Fsp3) is 0.500. The molecule has 0 fully saturated rings. The molecule has 94 valence electrons. The Balaban J connectivity index is 3.32. The Morgan fingerprint density at radius 2 is 1.53 bits per heavy atom. The highest BCUT2D eigenvalue weighted by Crippen LogP contribution is 2.31. The van der Waals surface area contributed by atoms with Crippen LogP contribution in [-0.4, -0.2) is 19.0 Å². The lowest BCUT2D eigenvalue weighted by molar-refractivity contribution is 0.101. The minimum atomic E-state index is -0.0282. The highest BCUT2D eigenvalue weighted by Gasteiger charge is 2.16. The van der Waals surface area contributed by atoms with Gasteiger partial charge in [-0.05, 0) is 44.9 Å². The Bertz CT molecular complexity index is 369. The van der Waals surface area contributed by atoms with Crippen LogP contribution in [0.25, 0.3) is 0 Å². The SMILES string of the molecule is CCOc1cc(CC)cc(OCC)c1C(C)=O. The smallest absolute Gasteiger partial charge is 0.167 e. The molecule has 1 rings (SSSR count). The van der Waals surface area contributed by atoms with Gasteiger partial charge < -0.3 is 9.47 Å². The number of ether oxygens (including phenoxy) is 2. The first-order valence-electron chi connectivity index (χ1n) is 6.07. The summed E-state index contributed by atoms with van der Waals surface area (Å²) in [5, 5.41) is 0. The number of Topliss-reactive ketones (excluding diaryl/α,β-unsaturated/α-hetero) is 1. The van der Waals surface area contributed by atoms with E-state index in [0.717, 1.165) is 12.0 Å². The molecule has 1 aromatic rings. The third kappa shape index (κ3) is 3.22. The molecule has 0 saturated heterocycles. The fourth-order valence-electron chi connectivity index (χ4n) is 1.73. The van der Waals surface area contributed by atoms with Crippen molar-refractivity contribution in [2.24, 2.45) is 0 Å². The van der Waals surface area contributed by atoms with Crippen LogP contribution in [0.1, 0.15) is 43.6 Å². The molecule has 0 aliphatic carbocycles. The van der Waals surface area contributed by atoms with Gasteiger partial charge in [-0.3, -0.25) is 4.79 Å². The molecule has 3 heteroatoms. The molecule has 0 aliphatic rings. The minimum Gasteiger partial charge on any atom is -0.493 e. The van der Waals surface area contributed by atoms with Gasteiger partial charge in [-0.25, -0.2) is 0 Å². The number of carbonyl (C=O) groups excluding carboxylic acids is 1. The molecule has 0 unspecified atom stereocenters. The van der Waals surface area contributed by atoms with Gasteiger partial charge in [0, 0.05) is 0 Å². The molecular weight excluding hydrogens is 216 g/mol. The van der Waals surface area contributed by atoms with Crippen molar-refractivity contribution in [3.05, 3.63) is 23.3 Å². The van der Waals surface area contributed by atoms with E-state index in [9.17, 15) is 4.79 Å². The Morgan fingerprint density at radius 1 is 1.06 bits per heavy atom. The summed E-state index contributed by atoms with van der Waals surface area (Å²) in [6.45, 7) is 8.49. The van der Waals surface area contributed by atoms with Crippen molar-refractivity contribution in [1.29, 1.82) is 0 Å². The molecule has 0 atom stereocenters. The zero-order valence-electron chi connectivity index (χ0n) is 11.0. The van der Waals surface area contributed by atoms with E-state index in [1.54, 1.807) is 0 Å². The normalized spacial score (nSPS) is 10.1. The molecule has 0 aliphatic heterocycles. The summed E-state index contributed by atoms with van der Waals surface area (Å²) in [6, 6.07) is 3.84. The van der Waals surface area contributed by atoms with Crippen LogP contribution in [0.3, 0.4) is 0 Å². The summed E-state index contributed by atoms with van der Waals surface area (Å²) in [6.07, 6.45) is 0.887. The molecular formula is C14H20O3.